The van der Waals surface area contributed by atoms with Crippen molar-refractivity contribution in [3.63, 3.8) is 0 Å². The van der Waals surface area contributed by atoms with E-state index in [1.54, 1.807) is 26.0 Å². The van der Waals surface area contributed by atoms with E-state index in [0.717, 1.165) is 5.56 Å². The van der Waals surface area contributed by atoms with Crippen LogP contribution in [0.3, 0.4) is 0 Å². The predicted molar refractivity (Wildman–Crippen MR) is 147 cm³/mol. The Morgan fingerprint density at radius 1 is 1.02 bits per heavy atom. The fourth-order valence-electron chi connectivity index (χ4n) is 4.18. The number of aliphatic hydroxyl groups is 1. The van der Waals surface area contributed by atoms with Crippen molar-refractivity contribution >= 4 is 30.9 Å². The molecule has 40 heavy (non-hydrogen) atoms. The van der Waals surface area contributed by atoms with E-state index in [9.17, 15) is 24.3 Å². The maximum atomic E-state index is 13.3. The first kappa shape index (κ1) is 30.8. The number of ether oxygens (including phenoxy) is 1. The summed E-state index contributed by atoms with van der Waals surface area (Å²) in [6.07, 6.45) is -2.74. The molecule has 12 heteroatoms. The minimum absolute atomic E-state index is 0.0575. The van der Waals surface area contributed by atoms with Crippen LogP contribution >= 0.6 is 0 Å². The number of rotatable bonds is 12. The lowest BCUT2D eigenvalue weighted by Crippen LogP contribution is -2.57. The van der Waals surface area contributed by atoms with Crippen LogP contribution in [-0.2, 0) is 28.4 Å². The Kier molecular flexibility index (Phi) is 10.8. The number of hydrogen-bond acceptors (Lipinski definition) is 9. The molecule has 0 radical (unpaired) electrons. The molecular weight excluding hydrogens is 517 g/mol. The molecule has 11 nitrogen and oxygen atoms in total. The number of nitrogens with one attached hydrogen (secondary N) is 2. The quantitative estimate of drug-likeness (QED) is 0.265. The van der Waals surface area contributed by atoms with Crippen molar-refractivity contribution < 1.29 is 38.3 Å². The van der Waals surface area contributed by atoms with E-state index in [4.69, 9.17) is 14.0 Å². The number of aromatic nitrogens is 1. The van der Waals surface area contributed by atoms with Gasteiger partial charge in [0.2, 0.25) is 5.91 Å². The van der Waals surface area contributed by atoms with E-state index in [1.165, 1.54) is 13.0 Å². The smallest absolute Gasteiger partial charge is 0.506 e. The number of aliphatic hydroxyl groups excluding tert-OH is 1. The molecule has 3 rings (SSSR count). The monoisotopic (exact) mass is 553 g/mol. The topological polar surface area (TPSA) is 153 Å². The van der Waals surface area contributed by atoms with Crippen LogP contribution in [0.15, 0.2) is 48.5 Å². The third kappa shape index (κ3) is 8.62. The number of carbonyl (C=O) groups excluding carboxylic acids is 4. The third-order valence-corrected chi connectivity index (χ3v) is 6.00. The Bertz CT molecular complexity index is 1190. The maximum Gasteiger partial charge on any atom is 0.552 e. The van der Waals surface area contributed by atoms with E-state index in [1.807, 2.05) is 44.2 Å². The summed E-state index contributed by atoms with van der Waals surface area (Å²) in [6.45, 7) is 8.57. The van der Waals surface area contributed by atoms with Crippen LogP contribution in [0.2, 0.25) is 0 Å². The molecule has 0 bridgehead atoms. The van der Waals surface area contributed by atoms with Gasteiger partial charge in [-0.05, 0) is 45.2 Å². The fourth-order valence-corrected chi connectivity index (χ4v) is 4.18. The average molecular weight is 553 g/mol. The number of carbonyl (C=O) groups is 4. The first-order valence-electron chi connectivity index (χ1n) is 13.3. The molecule has 0 aliphatic carbocycles. The van der Waals surface area contributed by atoms with Crippen LogP contribution in [0.25, 0.3) is 11.3 Å². The second-order valence-corrected chi connectivity index (χ2v) is 10.4. The Balaban J connectivity index is 1.70. The van der Waals surface area contributed by atoms with Gasteiger partial charge < -0.3 is 29.8 Å². The van der Waals surface area contributed by atoms with Crippen molar-refractivity contribution in [2.75, 3.05) is 0 Å². The second-order valence-electron chi connectivity index (χ2n) is 10.4. The normalized spacial score (nSPS) is 17.2. The minimum atomic E-state index is -1.33. The van der Waals surface area contributed by atoms with Crippen molar-refractivity contribution in [1.29, 1.82) is 0 Å². The van der Waals surface area contributed by atoms with Gasteiger partial charge >= 0.3 is 19.1 Å². The average Bonchev–Trinajstić information content (AvgIpc) is 3.26. The van der Waals surface area contributed by atoms with Crippen LogP contribution in [0, 0.1) is 5.92 Å². The summed E-state index contributed by atoms with van der Waals surface area (Å²) in [6, 6.07) is 12.9. The van der Waals surface area contributed by atoms with E-state index in [2.05, 4.69) is 15.6 Å². The second kappa shape index (κ2) is 14.0. The molecule has 3 unspecified atom stereocenters. The molecular formula is C28H36BN3O8. The summed E-state index contributed by atoms with van der Waals surface area (Å²) in [7, 11) is -1.16. The molecule has 1 aliphatic heterocycles. The van der Waals surface area contributed by atoms with Gasteiger partial charge in [-0.3, -0.25) is 19.2 Å². The van der Waals surface area contributed by atoms with Crippen molar-refractivity contribution in [3.8, 4) is 11.3 Å². The first-order valence-corrected chi connectivity index (χ1v) is 13.3. The molecule has 1 fully saturated rings. The van der Waals surface area contributed by atoms with Gasteiger partial charge in [-0.15, -0.1) is 0 Å². The number of pyridine rings is 1. The highest BCUT2D eigenvalue weighted by molar-refractivity contribution is 6.51. The van der Waals surface area contributed by atoms with E-state index < -0.39 is 55.1 Å². The summed E-state index contributed by atoms with van der Waals surface area (Å²) in [5.41, 5.74) is 1.47. The number of amides is 2. The molecule has 2 amide bonds. The van der Waals surface area contributed by atoms with Crippen LogP contribution in [0.1, 0.15) is 57.9 Å². The Labute approximate surface area is 234 Å². The van der Waals surface area contributed by atoms with Gasteiger partial charge in [0.05, 0.1) is 30.3 Å². The van der Waals surface area contributed by atoms with Crippen LogP contribution < -0.4 is 10.6 Å². The van der Waals surface area contributed by atoms with Gasteiger partial charge in [-0.2, -0.15) is 0 Å². The summed E-state index contributed by atoms with van der Waals surface area (Å²) in [5.74, 6) is -3.44. The fraction of sp³-hybridized carbons (Fsp3) is 0.464. The van der Waals surface area contributed by atoms with E-state index >= 15 is 0 Å². The SMILES string of the molecule is CC(C)CC(NC(=O)C(NC(=O)c1cccc(-c2ccccc2)n1)C(C)O)B1OC(=O)[C@H](CC(=O)OC(C)C)O1. The molecule has 1 aromatic heterocycles. The van der Waals surface area contributed by atoms with Crippen LogP contribution in [-0.4, -0.2) is 71.3 Å². The van der Waals surface area contributed by atoms with Gasteiger partial charge in [0.25, 0.3) is 5.91 Å². The van der Waals surface area contributed by atoms with Crippen LogP contribution in [0.4, 0.5) is 0 Å². The van der Waals surface area contributed by atoms with Crippen molar-refractivity contribution in [3.05, 3.63) is 54.2 Å². The Morgan fingerprint density at radius 3 is 2.35 bits per heavy atom. The lowest BCUT2D eigenvalue weighted by atomic mass is 9.74. The maximum absolute atomic E-state index is 13.3. The summed E-state index contributed by atoms with van der Waals surface area (Å²) >= 11 is 0. The molecule has 2 heterocycles. The molecule has 3 N–H and O–H groups in total. The third-order valence-electron chi connectivity index (χ3n) is 6.00. The highest BCUT2D eigenvalue weighted by Crippen LogP contribution is 2.21. The minimum Gasteiger partial charge on any atom is -0.506 e. The van der Waals surface area contributed by atoms with Gasteiger partial charge in [0.1, 0.15) is 11.7 Å². The standard InChI is InChI=1S/C28H36BN3O8/c1-16(2)14-23(29-39-22(28(37)40-29)15-24(34)38-17(3)4)31-27(36)25(18(5)33)32-26(35)21-13-9-12-20(30-21)19-10-7-6-8-11-19/h6-13,16-18,22-23,25,33H,14-15H2,1-5H3,(H,31,36)(H,32,35)/t18?,22-,23?,25?/m0/s1. The number of benzene rings is 1. The molecule has 0 spiro atoms. The van der Waals surface area contributed by atoms with Crippen molar-refractivity contribution in [2.24, 2.45) is 5.92 Å². The van der Waals surface area contributed by atoms with Crippen molar-refractivity contribution in [2.45, 2.75) is 77.8 Å². The Morgan fingerprint density at radius 2 is 1.73 bits per heavy atom. The van der Waals surface area contributed by atoms with Gasteiger partial charge in [-0.1, -0.05) is 50.2 Å². The molecule has 1 aliphatic rings. The summed E-state index contributed by atoms with van der Waals surface area (Å²) in [5, 5.41) is 15.7. The van der Waals surface area contributed by atoms with Crippen molar-refractivity contribution in [1.82, 2.24) is 15.6 Å². The largest absolute Gasteiger partial charge is 0.552 e. The first-order chi connectivity index (χ1) is 18.9. The number of nitrogens with zero attached hydrogens (tertiary/aromatic N) is 1. The van der Waals surface area contributed by atoms with E-state index in [0.29, 0.717) is 12.1 Å². The Hall–Kier alpha value is -3.77. The zero-order chi connectivity index (χ0) is 29.4. The molecule has 214 valence electrons. The van der Waals surface area contributed by atoms with Gasteiger partial charge in [0, 0.05) is 5.56 Å². The molecule has 4 atom stereocenters. The number of esters is 1. The molecule has 1 saturated heterocycles. The van der Waals surface area contributed by atoms with Gasteiger partial charge in [0.15, 0.2) is 6.10 Å². The van der Waals surface area contributed by atoms with Gasteiger partial charge in [-0.25, -0.2) is 4.98 Å². The lowest BCUT2D eigenvalue weighted by molar-refractivity contribution is -0.152. The summed E-state index contributed by atoms with van der Waals surface area (Å²) < 4.78 is 16.1. The van der Waals surface area contributed by atoms with E-state index in [-0.39, 0.29) is 24.1 Å². The zero-order valence-corrected chi connectivity index (χ0v) is 23.3. The highest BCUT2D eigenvalue weighted by Gasteiger charge is 2.47. The lowest BCUT2D eigenvalue weighted by Gasteiger charge is -2.26. The molecule has 2 aromatic rings. The number of hydrogen-bond donors (Lipinski definition) is 3. The molecule has 0 saturated carbocycles. The highest BCUT2D eigenvalue weighted by atomic mass is 16.7. The van der Waals surface area contributed by atoms with Crippen LogP contribution in [0.5, 0.6) is 0 Å². The summed E-state index contributed by atoms with van der Waals surface area (Å²) in [4.78, 5) is 55.1. The zero-order valence-electron chi connectivity index (χ0n) is 23.3. The predicted octanol–water partition coefficient (Wildman–Crippen LogP) is 2.07. The molecule has 1 aromatic carbocycles.